The zero-order valence-electron chi connectivity index (χ0n) is 12.1. The Morgan fingerprint density at radius 1 is 1.32 bits per heavy atom. The molecule has 2 N–H and O–H groups in total. The average molecular weight is 260 g/mol. The molecule has 19 heavy (non-hydrogen) atoms. The van der Waals surface area contributed by atoms with Gasteiger partial charge in [-0.2, -0.15) is 0 Å². The summed E-state index contributed by atoms with van der Waals surface area (Å²) in [7, 11) is 0. The van der Waals surface area contributed by atoms with Crippen molar-refractivity contribution in [3.63, 3.8) is 0 Å². The molecule has 1 aromatic rings. The molecule has 2 unspecified atom stereocenters. The second-order valence-electron chi connectivity index (χ2n) is 6.00. The third kappa shape index (κ3) is 3.57. The molecule has 2 rings (SSSR count). The Morgan fingerprint density at radius 3 is 2.68 bits per heavy atom. The van der Waals surface area contributed by atoms with E-state index in [1.165, 1.54) is 11.1 Å². The van der Waals surface area contributed by atoms with E-state index in [-0.39, 0.29) is 11.9 Å². The van der Waals surface area contributed by atoms with Crippen molar-refractivity contribution in [3.05, 3.63) is 34.9 Å². The molecular weight excluding hydrogens is 236 g/mol. The number of carbonyl (C=O) groups is 1. The first-order valence-electron chi connectivity index (χ1n) is 7.05. The fourth-order valence-corrected chi connectivity index (χ4v) is 2.80. The number of rotatable bonds is 2. The van der Waals surface area contributed by atoms with Crippen molar-refractivity contribution in [2.45, 2.75) is 39.7 Å². The van der Waals surface area contributed by atoms with Gasteiger partial charge in [0.15, 0.2) is 0 Å². The van der Waals surface area contributed by atoms with Crippen LogP contribution in [0, 0.1) is 19.8 Å². The molecule has 0 saturated carbocycles. The van der Waals surface area contributed by atoms with Gasteiger partial charge in [-0.1, -0.05) is 25.1 Å². The summed E-state index contributed by atoms with van der Waals surface area (Å²) in [5, 5.41) is 0. The van der Waals surface area contributed by atoms with Crippen molar-refractivity contribution in [1.82, 2.24) is 4.90 Å². The molecule has 1 aliphatic rings. The van der Waals surface area contributed by atoms with E-state index in [2.05, 4.69) is 32.9 Å². The van der Waals surface area contributed by atoms with E-state index in [0.29, 0.717) is 18.9 Å². The number of aryl methyl sites for hydroxylation is 2. The molecule has 1 aromatic carbocycles. The van der Waals surface area contributed by atoms with Crippen LogP contribution in [-0.2, 0) is 11.2 Å². The van der Waals surface area contributed by atoms with Crippen LogP contribution in [0.2, 0.25) is 0 Å². The van der Waals surface area contributed by atoms with Gasteiger partial charge < -0.3 is 10.6 Å². The van der Waals surface area contributed by atoms with Crippen molar-refractivity contribution >= 4 is 5.91 Å². The van der Waals surface area contributed by atoms with Crippen LogP contribution in [0.25, 0.3) is 0 Å². The quantitative estimate of drug-likeness (QED) is 0.884. The Bertz CT molecular complexity index is 460. The Morgan fingerprint density at radius 2 is 2.05 bits per heavy atom. The molecule has 3 heteroatoms. The number of amides is 1. The lowest BCUT2D eigenvalue weighted by atomic mass is 9.96. The predicted octanol–water partition coefficient (Wildman–Crippen LogP) is 2.04. The van der Waals surface area contributed by atoms with Gasteiger partial charge in [0.05, 0.1) is 6.42 Å². The van der Waals surface area contributed by atoms with Gasteiger partial charge in [-0.3, -0.25) is 4.79 Å². The molecule has 0 spiro atoms. The maximum absolute atomic E-state index is 12.3. The largest absolute Gasteiger partial charge is 0.341 e. The smallest absolute Gasteiger partial charge is 0.227 e. The first-order chi connectivity index (χ1) is 8.95. The number of nitrogens with zero attached hydrogens (tertiary/aromatic N) is 1. The summed E-state index contributed by atoms with van der Waals surface area (Å²) in [6, 6.07) is 6.38. The minimum absolute atomic E-state index is 0.132. The first-order valence-corrected chi connectivity index (χ1v) is 7.05. The lowest BCUT2D eigenvalue weighted by molar-refractivity contribution is -0.132. The molecule has 3 nitrogen and oxygen atoms in total. The third-order valence-electron chi connectivity index (χ3n) is 3.97. The molecule has 1 heterocycles. The first kappa shape index (κ1) is 14.1. The van der Waals surface area contributed by atoms with E-state index in [4.69, 9.17) is 5.73 Å². The number of nitrogens with two attached hydrogens (primary N) is 1. The van der Waals surface area contributed by atoms with Crippen molar-refractivity contribution in [3.8, 4) is 0 Å². The summed E-state index contributed by atoms with van der Waals surface area (Å²) in [6.45, 7) is 7.88. The fraction of sp³-hybridized carbons (Fsp3) is 0.562. The number of hydrogen-bond acceptors (Lipinski definition) is 2. The summed E-state index contributed by atoms with van der Waals surface area (Å²) >= 11 is 0. The summed E-state index contributed by atoms with van der Waals surface area (Å²) in [6.07, 6.45) is 1.51. The predicted molar refractivity (Wildman–Crippen MR) is 78.0 cm³/mol. The Kier molecular flexibility index (Phi) is 4.25. The Hall–Kier alpha value is -1.35. The van der Waals surface area contributed by atoms with Gasteiger partial charge in [0, 0.05) is 19.1 Å². The molecule has 2 atom stereocenters. The summed E-state index contributed by atoms with van der Waals surface area (Å²) < 4.78 is 0. The summed E-state index contributed by atoms with van der Waals surface area (Å²) in [5.74, 6) is 0.706. The highest BCUT2D eigenvalue weighted by Crippen LogP contribution is 2.17. The van der Waals surface area contributed by atoms with E-state index in [9.17, 15) is 4.79 Å². The molecule has 0 bridgehead atoms. The summed E-state index contributed by atoms with van der Waals surface area (Å²) in [5.41, 5.74) is 9.61. The van der Waals surface area contributed by atoms with Crippen LogP contribution >= 0.6 is 0 Å². The number of hydrogen-bond donors (Lipinski definition) is 1. The molecule has 1 saturated heterocycles. The molecule has 1 amide bonds. The Balaban J connectivity index is 2.02. The minimum atomic E-state index is 0.132. The van der Waals surface area contributed by atoms with Gasteiger partial charge in [-0.05, 0) is 42.9 Å². The van der Waals surface area contributed by atoms with Crippen LogP contribution in [0.5, 0.6) is 0 Å². The van der Waals surface area contributed by atoms with Gasteiger partial charge in [0.2, 0.25) is 5.91 Å². The molecule has 0 aromatic heterocycles. The van der Waals surface area contributed by atoms with Gasteiger partial charge in [0.1, 0.15) is 0 Å². The zero-order valence-corrected chi connectivity index (χ0v) is 12.1. The fourth-order valence-electron chi connectivity index (χ4n) is 2.80. The Labute approximate surface area is 115 Å². The van der Waals surface area contributed by atoms with Crippen LogP contribution in [-0.4, -0.2) is 29.9 Å². The van der Waals surface area contributed by atoms with E-state index in [1.54, 1.807) is 0 Å². The maximum Gasteiger partial charge on any atom is 0.227 e. The van der Waals surface area contributed by atoms with Crippen LogP contribution in [0.3, 0.4) is 0 Å². The highest BCUT2D eigenvalue weighted by Gasteiger charge is 2.25. The maximum atomic E-state index is 12.3. The van der Waals surface area contributed by atoms with E-state index in [1.807, 2.05) is 11.0 Å². The SMILES string of the molecule is Cc1ccc(CC(=O)N2CC(C)CC(N)C2)cc1C. The highest BCUT2D eigenvalue weighted by molar-refractivity contribution is 5.79. The molecular formula is C16H24N2O. The third-order valence-corrected chi connectivity index (χ3v) is 3.97. The van der Waals surface area contributed by atoms with Crippen molar-refractivity contribution < 1.29 is 4.79 Å². The second kappa shape index (κ2) is 5.74. The number of piperidine rings is 1. The second-order valence-corrected chi connectivity index (χ2v) is 6.00. The average Bonchev–Trinajstić information content (AvgIpc) is 2.32. The zero-order chi connectivity index (χ0) is 14.0. The number of benzene rings is 1. The summed E-state index contributed by atoms with van der Waals surface area (Å²) in [4.78, 5) is 14.2. The standard InChI is InChI=1S/C16H24N2O/c1-11-6-15(17)10-18(9-11)16(19)8-14-5-4-12(2)13(3)7-14/h4-5,7,11,15H,6,8-10,17H2,1-3H3. The molecule has 0 radical (unpaired) electrons. The van der Waals surface area contributed by atoms with Crippen LogP contribution in [0.15, 0.2) is 18.2 Å². The van der Waals surface area contributed by atoms with Crippen LogP contribution in [0.1, 0.15) is 30.0 Å². The minimum Gasteiger partial charge on any atom is -0.341 e. The number of carbonyl (C=O) groups excluding carboxylic acids is 1. The van der Waals surface area contributed by atoms with Gasteiger partial charge in [0.25, 0.3) is 0 Å². The molecule has 0 aliphatic carbocycles. The van der Waals surface area contributed by atoms with E-state index in [0.717, 1.165) is 18.5 Å². The molecule has 1 aliphatic heterocycles. The number of likely N-dealkylation sites (tertiary alicyclic amines) is 1. The topological polar surface area (TPSA) is 46.3 Å². The lowest BCUT2D eigenvalue weighted by Crippen LogP contribution is -2.49. The van der Waals surface area contributed by atoms with E-state index >= 15 is 0 Å². The highest BCUT2D eigenvalue weighted by atomic mass is 16.2. The van der Waals surface area contributed by atoms with Gasteiger partial charge >= 0.3 is 0 Å². The normalized spacial score (nSPS) is 23.5. The monoisotopic (exact) mass is 260 g/mol. The van der Waals surface area contributed by atoms with Gasteiger partial charge in [-0.25, -0.2) is 0 Å². The van der Waals surface area contributed by atoms with E-state index < -0.39 is 0 Å². The van der Waals surface area contributed by atoms with Gasteiger partial charge in [-0.15, -0.1) is 0 Å². The van der Waals surface area contributed by atoms with Crippen molar-refractivity contribution in [2.24, 2.45) is 11.7 Å². The van der Waals surface area contributed by atoms with Crippen LogP contribution in [0.4, 0.5) is 0 Å². The lowest BCUT2D eigenvalue weighted by Gasteiger charge is -2.35. The molecule has 104 valence electrons. The van der Waals surface area contributed by atoms with Crippen molar-refractivity contribution in [1.29, 1.82) is 0 Å². The van der Waals surface area contributed by atoms with Crippen molar-refractivity contribution in [2.75, 3.05) is 13.1 Å². The van der Waals surface area contributed by atoms with Crippen LogP contribution < -0.4 is 5.73 Å². The molecule has 1 fully saturated rings.